The van der Waals surface area contributed by atoms with Crippen LogP contribution in [0.25, 0.3) is 0 Å². The molecule has 0 radical (unpaired) electrons. The highest BCUT2D eigenvalue weighted by atomic mass is 32.1. The average Bonchev–Trinajstić information content (AvgIpc) is 2.37. The molecule has 0 atom stereocenters. The van der Waals surface area contributed by atoms with Crippen LogP contribution in [0.4, 0.5) is 5.69 Å². The molecule has 1 aromatic rings. The van der Waals surface area contributed by atoms with Crippen molar-refractivity contribution in [1.29, 1.82) is 0 Å². The lowest BCUT2D eigenvalue weighted by Crippen LogP contribution is -2.31. The van der Waals surface area contributed by atoms with E-state index in [4.69, 9.17) is 12.2 Å². The monoisotopic (exact) mass is 262 g/mol. The predicted molar refractivity (Wildman–Crippen MR) is 82.3 cm³/mol. The van der Waals surface area contributed by atoms with Crippen LogP contribution in [0.5, 0.6) is 0 Å². The zero-order valence-electron chi connectivity index (χ0n) is 10.7. The maximum Gasteiger partial charge on any atom is 0.187 e. The summed E-state index contributed by atoms with van der Waals surface area (Å²) in [5.41, 5.74) is 4.90. The Balaban J connectivity index is 2.46. The van der Waals surface area contributed by atoms with E-state index in [1.165, 1.54) is 0 Å². The lowest BCUT2D eigenvalue weighted by atomic mass is 10.2. The molecule has 1 rings (SSSR count). The van der Waals surface area contributed by atoms with Gasteiger partial charge in [0.25, 0.3) is 0 Å². The topological polar surface area (TPSA) is 39.7 Å². The lowest BCUT2D eigenvalue weighted by molar-refractivity contribution is 0.942. The van der Waals surface area contributed by atoms with Crippen LogP contribution in [-0.4, -0.2) is 32.0 Å². The van der Waals surface area contributed by atoms with Crippen molar-refractivity contribution in [1.82, 2.24) is 10.7 Å². The molecule has 1 aromatic carbocycles. The molecule has 0 bridgehead atoms. The fraction of sp³-hybridized carbons (Fsp3) is 0.231. The van der Waals surface area contributed by atoms with E-state index in [-0.39, 0.29) is 0 Å². The Morgan fingerprint density at radius 1 is 1.39 bits per heavy atom. The molecule has 0 aliphatic heterocycles. The van der Waals surface area contributed by atoms with Gasteiger partial charge in [0.1, 0.15) is 0 Å². The number of hydrogen-bond acceptors (Lipinski definition) is 3. The van der Waals surface area contributed by atoms with Gasteiger partial charge in [-0.15, -0.1) is 6.58 Å². The molecule has 0 unspecified atom stereocenters. The number of rotatable bonds is 5. The van der Waals surface area contributed by atoms with E-state index in [9.17, 15) is 0 Å². The first-order valence-corrected chi connectivity index (χ1v) is 5.99. The Morgan fingerprint density at radius 3 is 2.61 bits per heavy atom. The van der Waals surface area contributed by atoms with Crippen LogP contribution >= 0.6 is 12.2 Å². The summed E-state index contributed by atoms with van der Waals surface area (Å²) in [6, 6.07) is 8.08. The van der Waals surface area contributed by atoms with Crippen molar-refractivity contribution < 1.29 is 0 Å². The normalized spacial score (nSPS) is 10.1. The molecule has 18 heavy (non-hydrogen) atoms. The molecule has 0 aromatic heterocycles. The summed E-state index contributed by atoms with van der Waals surface area (Å²) in [5.74, 6) is 0. The van der Waals surface area contributed by atoms with Crippen molar-refractivity contribution in [3.8, 4) is 0 Å². The van der Waals surface area contributed by atoms with Gasteiger partial charge in [-0.3, -0.25) is 5.43 Å². The lowest BCUT2D eigenvalue weighted by Gasteiger charge is -2.11. The van der Waals surface area contributed by atoms with E-state index >= 15 is 0 Å². The maximum atomic E-state index is 5.00. The van der Waals surface area contributed by atoms with Crippen LogP contribution in [-0.2, 0) is 0 Å². The van der Waals surface area contributed by atoms with Crippen LogP contribution in [0.3, 0.4) is 0 Å². The number of thiocarbonyl (C=S) groups is 1. The first-order chi connectivity index (χ1) is 8.63. The molecule has 2 N–H and O–H groups in total. The second-order valence-corrected chi connectivity index (χ2v) is 4.26. The summed E-state index contributed by atoms with van der Waals surface area (Å²) in [7, 11) is 4.02. The molecular formula is C13H18N4S. The number of benzene rings is 1. The van der Waals surface area contributed by atoms with Crippen molar-refractivity contribution in [2.45, 2.75) is 0 Å². The van der Waals surface area contributed by atoms with E-state index < -0.39 is 0 Å². The molecule has 0 saturated carbocycles. The third-order valence-electron chi connectivity index (χ3n) is 2.20. The van der Waals surface area contributed by atoms with Crippen molar-refractivity contribution >= 4 is 29.2 Å². The summed E-state index contributed by atoms with van der Waals surface area (Å²) in [6.07, 6.45) is 3.46. The van der Waals surface area contributed by atoms with Gasteiger partial charge in [0.2, 0.25) is 0 Å². The van der Waals surface area contributed by atoms with E-state index in [1.807, 2.05) is 43.3 Å². The second-order valence-electron chi connectivity index (χ2n) is 3.85. The number of nitrogens with zero attached hydrogens (tertiary/aromatic N) is 2. The van der Waals surface area contributed by atoms with Gasteiger partial charge in [0.05, 0.1) is 6.21 Å². The fourth-order valence-electron chi connectivity index (χ4n) is 1.23. The fourth-order valence-corrected chi connectivity index (χ4v) is 1.36. The van der Waals surface area contributed by atoms with E-state index in [1.54, 1.807) is 12.3 Å². The Kier molecular flexibility index (Phi) is 5.87. The number of hydrazone groups is 1. The van der Waals surface area contributed by atoms with E-state index in [0.29, 0.717) is 11.7 Å². The van der Waals surface area contributed by atoms with Crippen LogP contribution in [0.15, 0.2) is 42.0 Å². The van der Waals surface area contributed by atoms with Crippen molar-refractivity contribution in [3.63, 3.8) is 0 Å². The third-order valence-corrected chi connectivity index (χ3v) is 2.43. The largest absolute Gasteiger partial charge is 0.378 e. The molecule has 0 aliphatic carbocycles. The molecule has 0 aliphatic rings. The first-order valence-electron chi connectivity index (χ1n) is 5.58. The number of hydrogen-bond donors (Lipinski definition) is 2. The minimum absolute atomic E-state index is 0.482. The van der Waals surface area contributed by atoms with Crippen molar-refractivity contribution in [2.75, 3.05) is 25.5 Å². The van der Waals surface area contributed by atoms with Gasteiger partial charge < -0.3 is 10.2 Å². The summed E-state index contributed by atoms with van der Waals surface area (Å²) >= 11 is 5.00. The van der Waals surface area contributed by atoms with Crippen molar-refractivity contribution in [3.05, 3.63) is 42.5 Å². The van der Waals surface area contributed by atoms with Crippen LogP contribution in [0.2, 0.25) is 0 Å². The van der Waals surface area contributed by atoms with Gasteiger partial charge in [0, 0.05) is 26.3 Å². The SMILES string of the molecule is C=CCNC(=S)N/N=C/c1ccc(N(C)C)cc1. The predicted octanol–water partition coefficient (Wildman–Crippen LogP) is 1.74. The molecular weight excluding hydrogens is 244 g/mol. The minimum atomic E-state index is 0.482. The maximum absolute atomic E-state index is 5.00. The van der Waals surface area contributed by atoms with E-state index in [0.717, 1.165) is 11.3 Å². The van der Waals surface area contributed by atoms with Gasteiger partial charge >= 0.3 is 0 Å². The Bertz CT molecular complexity index is 423. The smallest absolute Gasteiger partial charge is 0.187 e. The molecule has 0 amide bonds. The molecule has 4 nitrogen and oxygen atoms in total. The average molecular weight is 262 g/mol. The third kappa shape index (κ3) is 4.97. The molecule has 5 heteroatoms. The van der Waals surface area contributed by atoms with Crippen LogP contribution in [0.1, 0.15) is 5.56 Å². The molecule has 0 saturated heterocycles. The molecule has 0 heterocycles. The molecule has 0 spiro atoms. The highest BCUT2D eigenvalue weighted by Crippen LogP contribution is 2.10. The van der Waals surface area contributed by atoms with Gasteiger partial charge in [-0.05, 0) is 29.9 Å². The molecule has 0 fully saturated rings. The summed E-state index contributed by atoms with van der Waals surface area (Å²) in [5, 5.41) is 7.45. The van der Waals surface area contributed by atoms with Gasteiger partial charge in [-0.2, -0.15) is 5.10 Å². The Labute approximate surface area is 113 Å². The standard InChI is InChI=1S/C13H18N4S/c1-4-9-14-13(18)16-15-10-11-5-7-12(8-6-11)17(2)3/h4-8,10H,1,9H2,2-3H3,(H2,14,16,18)/b15-10+. The zero-order chi connectivity index (χ0) is 13.4. The van der Waals surface area contributed by atoms with E-state index in [2.05, 4.69) is 22.4 Å². The number of anilines is 1. The quantitative estimate of drug-likeness (QED) is 0.367. The van der Waals surface area contributed by atoms with Gasteiger partial charge in [-0.1, -0.05) is 18.2 Å². The number of nitrogens with one attached hydrogen (secondary N) is 2. The minimum Gasteiger partial charge on any atom is -0.378 e. The van der Waals surface area contributed by atoms with Gasteiger partial charge in [-0.25, -0.2) is 0 Å². The van der Waals surface area contributed by atoms with Gasteiger partial charge in [0.15, 0.2) is 5.11 Å². The highest BCUT2D eigenvalue weighted by molar-refractivity contribution is 7.80. The Morgan fingerprint density at radius 2 is 2.06 bits per heavy atom. The first kappa shape index (κ1) is 14.2. The highest BCUT2D eigenvalue weighted by Gasteiger charge is 1.94. The summed E-state index contributed by atoms with van der Waals surface area (Å²) in [4.78, 5) is 2.05. The zero-order valence-corrected chi connectivity index (χ0v) is 11.5. The Hall–Kier alpha value is -1.88. The van der Waals surface area contributed by atoms with Crippen LogP contribution in [0, 0.1) is 0 Å². The van der Waals surface area contributed by atoms with Crippen LogP contribution < -0.4 is 15.6 Å². The second kappa shape index (κ2) is 7.45. The van der Waals surface area contributed by atoms with Crippen molar-refractivity contribution in [2.24, 2.45) is 5.10 Å². The molecule has 96 valence electrons. The summed E-state index contributed by atoms with van der Waals surface area (Å²) < 4.78 is 0. The summed E-state index contributed by atoms with van der Waals surface area (Å²) in [6.45, 7) is 4.21.